The van der Waals surface area contributed by atoms with Gasteiger partial charge in [-0.2, -0.15) is 0 Å². The van der Waals surface area contributed by atoms with Gasteiger partial charge in [0.1, 0.15) is 12.3 Å². The maximum atomic E-state index is 13.4. The summed E-state index contributed by atoms with van der Waals surface area (Å²) in [5.41, 5.74) is 3.94. The zero-order valence-corrected chi connectivity index (χ0v) is 19.2. The number of hydrogen-bond acceptors (Lipinski definition) is 3. The molecular formula is C25H33NO3P+. The second-order valence-corrected chi connectivity index (χ2v) is 12.6. The van der Waals surface area contributed by atoms with Gasteiger partial charge in [0.25, 0.3) is 5.91 Å². The highest BCUT2D eigenvalue weighted by Gasteiger charge is 2.52. The topological polar surface area (TPSA) is 55.4 Å². The van der Waals surface area contributed by atoms with Crippen molar-refractivity contribution >= 4 is 24.8 Å². The predicted molar refractivity (Wildman–Crippen MR) is 126 cm³/mol. The molecule has 0 saturated carbocycles. The van der Waals surface area contributed by atoms with Crippen molar-refractivity contribution in [3.63, 3.8) is 0 Å². The molecule has 30 heavy (non-hydrogen) atoms. The van der Waals surface area contributed by atoms with Gasteiger partial charge in [0.15, 0.2) is 6.16 Å². The molecule has 2 aromatic carbocycles. The molecule has 1 atom stereocenters. The SMILES string of the molecule is CCC(C(=O)Nc1c(C)cccc1C)[P+]1(CC(=O)OCc2ccccc2)CCCC1. The first-order valence-electron chi connectivity index (χ1n) is 10.9. The summed E-state index contributed by atoms with van der Waals surface area (Å²) in [4.78, 5) is 26.1. The Morgan fingerprint density at radius 1 is 1.00 bits per heavy atom. The summed E-state index contributed by atoms with van der Waals surface area (Å²) in [6.45, 7) is 6.41. The number of carbonyl (C=O) groups is 2. The predicted octanol–water partition coefficient (Wildman–Crippen LogP) is 5.58. The Hall–Kier alpha value is -2.19. The minimum Gasteiger partial charge on any atom is -0.458 e. The fraction of sp³-hybridized carbons (Fsp3) is 0.440. The third-order valence-corrected chi connectivity index (χ3v) is 11.4. The van der Waals surface area contributed by atoms with Gasteiger partial charge in [-0.05, 0) is 49.8 Å². The van der Waals surface area contributed by atoms with E-state index in [1.165, 1.54) is 0 Å². The Balaban J connectivity index is 1.72. The van der Waals surface area contributed by atoms with Crippen molar-refractivity contribution in [2.45, 2.75) is 52.3 Å². The Labute approximate surface area is 180 Å². The summed E-state index contributed by atoms with van der Waals surface area (Å²) in [7, 11) is -1.74. The molecule has 1 aliphatic rings. The zero-order valence-electron chi connectivity index (χ0n) is 18.3. The molecule has 1 fully saturated rings. The fourth-order valence-corrected chi connectivity index (χ4v) is 9.66. The Kier molecular flexibility index (Phi) is 7.66. The van der Waals surface area contributed by atoms with Crippen LogP contribution in [0.2, 0.25) is 0 Å². The summed E-state index contributed by atoms with van der Waals surface area (Å²) in [6.07, 6.45) is 5.40. The number of rotatable bonds is 8. The number of para-hydroxylation sites is 1. The molecule has 0 bridgehead atoms. The first-order chi connectivity index (χ1) is 14.4. The molecule has 1 saturated heterocycles. The van der Waals surface area contributed by atoms with Crippen LogP contribution in [-0.2, 0) is 20.9 Å². The lowest BCUT2D eigenvalue weighted by Gasteiger charge is -2.29. The number of nitrogens with one attached hydrogen (secondary N) is 1. The quantitative estimate of drug-likeness (QED) is 0.443. The summed E-state index contributed by atoms with van der Waals surface area (Å²) < 4.78 is 5.60. The molecule has 3 rings (SSSR count). The Morgan fingerprint density at radius 3 is 2.23 bits per heavy atom. The molecule has 5 heteroatoms. The van der Waals surface area contributed by atoms with E-state index in [9.17, 15) is 9.59 Å². The average molecular weight is 427 g/mol. The minimum absolute atomic E-state index is 0.0704. The third-order valence-electron chi connectivity index (χ3n) is 6.22. The first-order valence-corrected chi connectivity index (χ1v) is 13.3. The molecular weight excluding hydrogens is 393 g/mol. The Morgan fingerprint density at radius 2 is 1.63 bits per heavy atom. The van der Waals surface area contributed by atoms with Crippen LogP contribution in [0.15, 0.2) is 48.5 Å². The van der Waals surface area contributed by atoms with Crippen molar-refractivity contribution < 1.29 is 14.3 Å². The highest BCUT2D eigenvalue weighted by atomic mass is 31.2. The van der Waals surface area contributed by atoms with Crippen LogP contribution in [0.5, 0.6) is 0 Å². The van der Waals surface area contributed by atoms with Crippen LogP contribution in [-0.4, -0.2) is 36.0 Å². The van der Waals surface area contributed by atoms with Crippen molar-refractivity contribution in [1.82, 2.24) is 0 Å². The minimum atomic E-state index is -1.74. The van der Waals surface area contributed by atoms with Crippen LogP contribution < -0.4 is 5.32 Å². The maximum Gasteiger partial charge on any atom is 0.344 e. The molecule has 160 valence electrons. The van der Waals surface area contributed by atoms with Crippen molar-refractivity contribution in [2.75, 3.05) is 23.8 Å². The fourth-order valence-electron chi connectivity index (χ4n) is 4.63. The van der Waals surface area contributed by atoms with Crippen molar-refractivity contribution in [3.05, 3.63) is 65.2 Å². The molecule has 4 nitrogen and oxygen atoms in total. The third kappa shape index (κ3) is 5.29. The van der Waals surface area contributed by atoms with Gasteiger partial charge in [0, 0.05) is 12.9 Å². The number of amides is 1. The highest BCUT2D eigenvalue weighted by molar-refractivity contribution is 7.78. The Bertz CT molecular complexity index is 855. The molecule has 0 aliphatic carbocycles. The van der Waals surface area contributed by atoms with Gasteiger partial charge in [-0.25, -0.2) is 4.79 Å². The summed E-state index contributed by atoms with van der Waals surface area (Å²) in [5.74, 6) is -0.0894. The van der Waals surface area contributed by atoms with Crippen LogP contribution in [0.1, 0.15) is 42.9 Å². The van der Waals surface area contributed by atoms with Crippen LogP contribution in [0.4, 0.5) is 5.69 Å². The smallest absolute Gasteiger partial charge is 0.344 e. The number of anilines is 1. The monoisotopic (exact) mass is 426 g/mol. The summed E-state index contributed by atoms with van der Waals surface area (Å²) in [6, 6.07) is 15.8. The molecule has 0 spiro atoms. The van der Waals surface area contributed by atoms with Gasteiger partial charge in [-0.3, -0.25) is 4.79 Å². The van der Waals surface area contributed by atoms with Gasteiger partial charge in [0.2, 0.25) is 0 Å². The van der Waals surface area contributed by atoms with Gasteiger partial charge in [-0.1, -0.05) is 55.5 Å². The standard InChI is InChI=1S/C25H32NO3P/c1-4-22(25(28)26-24-19(2)11-10-12-20(24)3)30(15-8-9-16-30)18-23(27)29-17-21-13-6-5-7-14-21/h5-7,10-14,22H,4,8-9,15-18H2,1-3H3/p+1. The van der Waals surface area contributed by atoms with Crippen LogP contribution in [0, 0.1) is 13.8 Å². The number of hydrogen-bond donors (Lipinski definition) is 1. The van der Waals surface area contributed by atoms with Gasteiger partial charge < -0.3 is 10.1 Å². The lowest BCUT2D eigenvalue weighted by molar-refractivity contribution is -0.141. The zero-order chi connectivity index (χ0) is 21.6. The van der Waals surface area contributed by atoms with E-state index < -0.39 is 7.26 Å². The number of esters is 1. The summed E-state index contributed by atoms with van der Waals surface area (Å²) in [5, 5.41) is 3.20. The first kappa shape index (κ1) is 22.5. The van der Waals surface area contributed by atoms with E-state index in [1.54, 1.807) is 0 Å². The van der Waals surface area contributed by atoms with Crippen LogP contribution in [0.25, 0.3) is 0 Å². The van der Waals surface area contributed by atoms with Gasteiger partial charge in [0.05, 0.1) is 12.3 Å². The molecule has 1 aliphatic heterocycles. The van der Waals surface area contributed by atoms with E-state index in [4.69, 9.17) is 4.74 Å². The number of aryl methyl sites for hydroxylation is 2. The van der Waals surface area contributed by atoms with Gasteiger partial charge >= 0.3 is 5.97 Å². The molecule has 0 aromatic heterocycles. The molecule has 1 heterocycles. The molecule has 0 radical (unpaired) electrons. The average Bonchev–Trinajstić information content (AvgIpc) is 3.19. The molecule has 1 N–H and O–H groups in total. The molecule has 2 aromatic rings. The normalized spacial score (nSPS) is 16.1. The second kappa shape index (κ2) is 10.2. The van der Waals surface area contributed by atoms with E-state index in [2.05, 4.69) is 12.2 Å². The van der Waals surface area contributed by atoms with Crippen LogP contribution >= 0.6 is 7.26 Å². The second-order valence-electron chi connectivity index (χ2n) is 8.36. The van der Waals surface area contributed by atoms with E-state index in [-0.39, 0.29) is 17.5 Å². The van der Waals surface area contributed by atoms with E-state index >= 15 is 0 Å². The molecule has 1 unspecified atom stereocenters. The largest absolute Gasteiger partial charge is 0.458 e. The highest BCUT2D eigenvalue weighted by Crippen LogP contribution is 2.68. The van der Waals surface area contributed by atoms with E-state index in [1.807, 2.05) is 62.4 Å². The van der Waals surface area contributed by atoms with Crippen molar-refractivity contribution in [2.24, 2.45) is 0 Å². The number of benzene rings is 2. The molecule has 1 amide bonds. The maximum absolute atomic E-state index is 13.4. The van der Waals surface area contributed by atoms with Crippen LogP contribution in [0.3, 0.4) is 0 Å². The van der Waals surface area contributed by atoms with Crippen molar-refractivity contribution in [1.29, 1.82) is 0 Å². The van der Waals surface area contributed by atoms with Crippen molar-refractivity contribution in [3.8, 4) is 0 Å². The summed E-state index contributed by atoms with van der Waals surface area (Å²) >= 11 is 0. The number of carbonyl (C=O) groups excluding carboxylic acids is 2. The lowest BCUT2D eigenvalue weighted by Crippen LogP contribution is -2.34. The van der Waals surface area contributed by atoms with Gasteiger partial charge in [-0.15, -0.1) is 0 Å². The lowest BCUT2D eigenvalue weighted by atomic mass is 10.1. The number of ether oxygens (including phenoxy) is 1. The van der Waals surface area contributed by atoms with E-state index in [0.717, 1.165) is 54.0 Å². The van der Waals surface area contributed by atoms with E-state index in [0.29, 0.717) is 12.8 Å².